The molecule has 8 heteroatoms. The van der Waals surface area contributed by atoms with Crippen molar-refractivity contribution in [2.75, 3.05) is 26.9 Å². The Morgan fingerprint density at radius 3 is 2.52 bits per heavy atom. The molecule has 0 saturated carbocycles. The number of halogens is 1. The van der Waals surface area contributed by atoms with E-state index >= 15 is 0 Å². The number of aliphatic hydroxyl groups is 1. The predicted octanol–water partition coefficient (Wildman–Crippen LogP) is 2.43. The molecule has 2 aromatic carbocycles. The van der Waals surface area contributed by atoms with Crippen molar-refractivity contribution in [1.82, 2.24) is 5.32 Å². The summed E-state index contributed by atoms with van der Waals surface area (Å²) in [5.74, 6) is 0.266. The molecular weight excluding hydrogens is 401 g/mol. The summed E-state index contributed by atoms with van der Waals surface area (Å²) in [6.45, 7) is 5.31. The fourth-order valence-corrected chi connectivity index (χ4v) is 5.06. The Morgan fingerprint density at radius 1 is 1.13 bits per heavy atom. The zero-order valence-electron chi connectivity index (χ0n) is 17.7. The summed E-state index contributed by atoms with van der Waals surface area (Å²) in [6, 6.07) is 10.4. The number of aliphatic hydroxyl groups excluding tert-OH is 1. The summed E-state index contributed by atoms with van der Waals surface area (Å²) < 4.78 is 32.1. The molecule has 4 N–H and O–H groups in total. The highest BCUT2D eigenvalue weighted by Gasteiger charge is 2.71. The first-order valence-electron chi connectivity index (χ1n) is 10.3. The van der Waals surface area contributed by atoms with Crippen LogP contribution in [0.2, 0.25) is 0 Å². The average molecular weight is 427 g/mol. The van der Waals surface area contributed by atoms with Crippen LogP contribution in [0.1, 0.15) is 31.2 Å². The first kappa shape index (κ1) is 20.2. The normalized spacial score (nSPS) is 25.9. The van der Waals surface area contributed by atoms with E-state index in [9.17, 15) is 9.50 Å². The molecule has 1 fully saturated rings. The summed E-state index contributed by atoms with van der Waals surface area (Å²) in [4.78, 5) is 4.79. The lowest BCUT2D eigenvalue weighted by atomic mass is 9.55. The predicted molar refractivity (Wildman–Crippen MR) is 113 cm³/mol. The molecule has 3 heterocycles. The van der Waals surface area contributed by atoms with Gasteiger partial charge in [0.15, 0.2) is 0 Å². The van der Waals surface area contributed by atoms with Gasteiger partial charge in [0.2, 0.25) is 0 Å². The quantitative estimate of drug-likeness (QED) is 0.651. The number of nitrogens with zero attached hydrogens (tertiary/aromatic N) is 1. The fraction of sp³-hybridized carbons (Fsp3) is 0.435. The van der Waals surface area contributed by atoms with Crippen LogP contribution in [-0.4, -0.2) is 43.6 Å². The molecule has 2 aromatic rings. The molecule has 7 nitrogen and oxygen atoms in total. The lowest BCUT2D eigenvalue weighted by molar-refractivity contribution is -0.247. The van der Waals surface area contributed by atoms with Gasteiger partial charge < -0.3 is 25.1 Å². The monoisotopic (exact) mass is 427 g/mol. The average Bonchev–Trinajstić information content (AvgIpc) is 3.07. The molecule has 3 aliphatic rings. The van der Waals surface area contributed by atoms with E-state index in [-0.39, 0.29) is 12.6 Å². The van der Waals surface area contributed by atoms with Gasteiger partial charge in [-0.15, -0.1) is 0 Å². The van der Waals surface area contributed by atoms with E-state index < -0.39 is 28.6 Å². The molecule has 3 aliphatic heterocycles. The number of hydrogen-bond acceptors (Lipinski definition) is 7. The van der Waals surface area contributed by atoms with Gasteiger partial charge in [-0.3, -0.25) is 5.32 Å². The molecule has 2 spiro atoms. The smallest absolute Gasteiger partial charge is 0.283 e. The molecule has 164 valence electrons. The van der Waals surface area contributed by atoms with Gasteiger partial charge in [0.05, 0.1) is 18.6 Å². The fourth-order valence-electron chi connectivity index (χ4n) is 5.06. The van der Waals surface area contributed by atoms with Crippen molar-refractivity contribution in [3.05, 3.63) is 53.3 Å². The van der Waals surface area contributed by atoms with Crippen molar-refractivity contribution in [3.63, 3.8) is 0 Å². The van der Waals surface area contributed by atoms with Crippen molar-refractivity contribution in [1.29, 1.82) is 0 Å². The Bertz CT molecular complexity index is 1080. The standard InChI is InChI=1S/C23H26FN3O4/c1-21(2)22(10-29-11-22)23(12-30-20(25)27-23)17-9-13(4-5-18(17)31-21)14-6-15(19(28)26-3)8-16(24)7-14/h4-9,19,26,28H,10-12H2,1-3H3,(H2,25,27). The summed E-state index contributed by atoms with van der Waals surface area (Å²) in [5.41, 5.74) is 6.93. The van der Waals surface area contributed by atoms with Crippen LogP contribution in [0, 0.1) is 11.2 Å². The lowest BCUT2D eigenvalue weighted by Crippen LogP contribution is -2.71. The second-order valence-electron chi connectivity index (χ2n) is 8.96. The second kappa shape index (κ2) is 6.66. The molecule has 0 aliphatic carbocycles. The van der Waals surface area contributed by atoms with Crippen molar-refractivity contribution >= 4 is 6.02 Å². The molecule has 31 heavy (non-hydrogen) atoms. The van der Waals surface area contributed by atoms with Gasteiger partial charge in [-0.1, -0.05) is 6.07 Å². The largest absolute Gasteiger partial charge is 0.487 e. The topological polar surface area (TPSA) is 98.3 Å². The number of ether oxygens (including phenoxy) is 3. The Balaban J connectivity index is 1.69. The third-order valence-corrected chi connectivity index (χ3v) is 7.00. The molecule has 2 atom stereocenters. The number of amidine groups is 1. The van der Waals surface area contributed by atoms with Crippen LogP contribution in [0.5, 0.6) is 5.75 Å². The summed E-state index contributed by atoms with van der Waals surface area (Å²) in [6.07, 6.45) is -0.967. The van der Waals surface area contributed by atoms with Crippen molar-refractivity contribution in [2.45, 2.75) is 31.2 Å². The number of nitrogens with one attached hydrogen (secondary N) is 1. The van der Waals surface area contributed by atoms with E-state index in [0.717, 1.165) is 11.1 Å². The zero-order chi connectivity index (χ0) is 22.0. The van der Waals surface area contributed by atoms with Crippen LogP contribution in [0.3, 0.4) is 0 Å². The van der Waals surface area contributed by atoms with Gasteiger partial charge in [-0.25, -0.2) is 9.38 Å². The van der Waals surface area contributed by atoms with Gasteiger partial charge in [0.1, 0.15) is 35.5 Å². The van der Waals surface area contributed by atoms with E-state index in [4.69, 9.17) is 24.9 Å². The minimum absolute atomic E-state index is 0.144. The minimum Gasteiger partial charge on any atom is -0.487 e. The van der Waals surface area contributed by atoms with E-state index in [1.54, 1.807) is 13.1 Å². The molecular formula is C23H26FN3O4. The van der Waals surface area contributed by atoms with Crippen molar-refractivity contribution in [3.8, 4) is 16.9 Å². The van der Waals surface area contributed by atoms with Gasteiger partial charge in [0.25, 0.3) is 6.02 Å². The molecule has 0 bridgehead atoms. The van der Waals surface area contributed by atoms with Gasteiger partial charge >= 0.3 is 0 Å². The number of fused-ring (bicyclic) bond motifs is 3. The third-order valence-electron chi connectivity index (χ3n) is 7.00. The van der Waals surface area contributed by atoms with Crippen LogP contribution in [0.25, 0.3) is 11.1 Å². The Kier molecular flexibility index (Phi) is 4.35. The van der Waals surface area contributed by atoms with Gasteiger partial charge in [0, 0.05) is 5.56 Å². The second-order valence-corrected chi connectivity index (χ2v) is 8.96. The van der Waals surface area contributed by atoms with Crippen LogP contribution in [-0.2, 0) is 15.0 Å². The van der Waals surface area contributed by atoms with Crippen molar-refractivity contribution < 1.29 is 23.7 Å². The zero-order valence-corrected chi connectivity index (χ0v) is 17.7. The van der Waals surface area contributed by atoms with E-state index in [1.165, 1.54) is 12.1 Å². The molecule has 1 saturated heterocycles. The first-order chi connectivity index (χ1) is 14.7. The Hall–Kier alpha value is -2.68. The third kappa shape index (κ3) is 2.71. The summed E-state index contributed by atoms with van der Waals surface area (Å²) in [5, 5.41) is 12.8. The maximum atomic E-state index is 14.3. The van der Waals surface area contributed by atoms with E-state index in [1.807, 2.05) is 32.0 Å². The van der Waals surface area contributed by atoms with Crippen LogP contribution in [0.15, 0.2) is 41.4 Å². The number of hydrogen-bond donors (Lipinski definition) is 3. The number of rotatable bonds is 3. The summed E-state index contributed by atoms with van der Waals surface area (Å²) in [7, 11) is 1.61. The molecule has 0 amide bonds. The molecule has 0 aromatic heterocycles. The number of aliphatic imine (C=N–C) groups is 1. The highest BCUT2D eigenvalue weighted by Crippen LogP contribution is 2.62. The SMILES string of the molecule is CNC(O)c1cc(F)cc(-c2ccc3c(c2)C2(COC(N)=N2)C2(COC2)C(C)(C)O3)c1. The van der Waals surface area contributed by atoms with Crippen LogP contribution < -0.4 is 15.8 Å². The summed E-state index contributed by atoms with van der Waals surface area (Å²) >= 11 is 0. The minimum atomic E-state index is -0.967. The number of nitrogens with two attached hydrogens (primary N) is 1. The van der Waals surface area contributed by atoms with E-state index in [0.29, 0.717) is 30.1 Å². The molecule has 0 radical (unpaired) electrons. The van der Waals surface area contributed by atoms with Crippen LogP contribution in [0.4, 0.5) is 4.39 Å². The number of benzene rings is 2. The van der Waals surface area contributed by atoms with E-state index in [2.05, 4.69) is 5.32 Å². The Labute approximate surface area is 180 Å². The van der Waals surface area contributed by atoms with Gasteiger partial charge in [-0.2, -0.15) is 0 Å². The van der Waals surface area contributed by atoms with Gasteiger partial charge in [-0.05, 0) is 67.9 Å². The van der Waals surface area contributed by atoms with Crippen molar-refractivity contribution in [2.24, 2.45) is 16.1 Å². The highest BCUT2D eigenvalue weighted by molar-refractivity contribution is 5.76. The lowest BCUT2D eigenvalue weighted by Gasteiger charge is -2.61. The molecule has 5 rings (SSSR count). The highest BCUT2D eigenvalue weighted by atomic mass is 19.1. The Morgan fingerprint density at radius 2 is 1.90 bits per heavy atom. The van der Waals surface area contributed by atoms with Crippen LogP contribution >= 0.6 is 0 Å². The first-order valence-corrected chi connectivity index (χ1v) is 10.3. The molecule has 2 unspecified atom stereocenters. The maximum Gasteiger partial charge on any atom is 0.283 e. The maximum absolute atomic E-state index is 14.3.